The molecule has 4 aromatic rings. The summed E-state index contributed by atoms with van der Waals surface area (Å²) in [7, 11) is 4.63. The molecule has 1 aliphatic rings. The molecule has 0 fully saturated rings. The zero-order valence-electron chi connectivity index (χ0n) is 24.9. The fourth-order valence-corrected chi connectivity index (χ4v) is 6.18. The first kappa shape index (κ1) is 30.9. The van der Waals surface area contributed by atoms with E-state index < -0.39 is 12.0 Å². The van der Waals surface area contributed by atoms with E-state index in [9.17, 15) is 9.59 Å². The summed E-state index contributed by atoms with van der Waals surface area (Å²) in [6.45, 7) is 3.92. The average molecular weight is 635 g/mol. The van der Waals surface area contributed by atoms with E-state index in [0.717, 1.165) is 11.1 Å². The molecular formula is C33H31ClN2O7S. The third-order valence-corrected chi connectivity index (χ3v) is 8.42. The monoisotopic (exact) mass is 634 g/mol. The van der Waals surface area contributed by atoms with Crippen LogP contribution in [0.4, 0.5) is 0 Å². The quantitative estimate of drug-likeness (QED) is 0.225. The second-order valence-electron chi connectivity index (χ2n) is 9.71. The van der Waals surface area contributed by atoms with Crippen molar-refractivity contribution in [1.29, 1.82) is 0 Å². The Balaban J connectivity index is 1.57. The highest BCUT2D eigenvalue weighted by molar-refractivity contribution is 7.07. The number of nitrogens with zero attached hydrogens (tertiary/aromatic N) is 2. The van der Waals surface area contributed by atoms with E-state index in [1.165, 1.54) is 23.0 Å². The average Bonchev–Trinajstić information content (AvgIpc) is 3.33. The Labute approximate surface area is 263 Å². The minimum absolute atomic E-state index is 0.179. The first-order valence-corrected chi connectivity index (χ1v) is 14.9. The second kappa shape index (κ2) is 13.4. The number of esters is 1. The molecule has 0 saturated carbocycles. The van der Waals surface area contributed by atoms with Crippen molar-refractivity contribution in [2.75, 3.05) is 27.9 Å². The van der Waals surface area contributed by atoms with Crippen molar-refractivity contribution in [1.82, 2.24) is 4.57 Å². The molecule has 11 heteroatoms. The molecule has 2 heterocycles. The van der Waals surface area contributed by atoms with Gasteiger partial charge in [0.15, 0.2) is 27.8 Å². The smallest absolute Gasteiger partial charge is 0.338 e. The van der Waals surface area contributed by atoms with Gasteiger partial charge in [-0.05, 0) is 61.4 Å². The summed E-state index contributed by atoms with van der Waals surface area (Å²) in [5.41, 5.74) is 2.66. The van der Waals surface area contributed by atoms with Crippen molar-refractivity contribution in [3.63, 3.8) is 0 Å². The molecule has 0 aliphatic carbocycles. The Morgan fingerprint density at radius 2 is 1.68 bits per heavy atom. The van der Waals surface area contributed by atoms with E-state index in [4.69, 9.17) is 35.3 Å². The predicted octanol–water partition coefficient (Wildman–Crippen LogP) is 5.06. The Kier molecular flexibility index (Phi) is 9.41. The van der Waals surface area contributed by atoms with Crippen molar-refractivity contribution < 1.29 is 28.5 Å². The van der Waals surface area contributed by atoms with Crippen LogP contribution >= 0.6 is 22.9 Å². The molecular weight excluding hydrogens is 604 g/mol. The van der Waals surface area contributed by atoms with Gasteiger partial charge in [-0.3, -0.25) is 9.36 Å². The van der Waals surface area contributed by atoms with Crippen LogP contribution in [0.1, 0.15) is 36.6 Å². The van der Waals surface area contributed by atoms with Gasteiger partial charge >= 0.3 is 5.97 Å². The predicted molar refractivity (Wildman–Crippen MR) is 169 cm³/mol. The Morgan fingerprint density at radius 3 is 2.39 bits per heavy atom. The van der Waals surface area contributed by atoms with Crippen LogP contribution in [0.25, 0.3) is 6.08 Å². The lowest BCUT2D eigenvalue weighted by Crippen LogP contribution is -2.39. The van der Waals surface area contributed by atoms with Crippen LogP contribution in [0.3, 0.4) is 0 Å². The summed E-state index contributed by atoms with van der Waals surface area (Å²) in [6, 6.07) is 17.4. The van der Waals surface area contributed by atoms with Gasteiger partial charge in [0.2, 0.25) is 0 Å². The number of aromatic nitrogens is 1. The molecule has 9 nitrogen and oxygen atoms in total. The van der Waals surface area contributed by atoms with Gasteiger partial charge in [-0.15, -0.1) is 0 Å². The van der Waals surface area contributed by atoms with Crippen molar-refractivity contribution in [3.05, 3.63) is 113 Å². The van der Waals surface area contributed by atoms with E-state index in [-0.39, 0.29) is 24.3 Å². The summed E-state index contributed by atoms with van der Waals surface area (Å²) in [6.07, 6.45) is 1.76. The Morgan fingerprint density at radius 1 is 0.977 bits per heavy atom. The number of hydrogen-bond acceptors (Lipinski definition) is 9. The van der Waals surface area contributed by atoms with Gasteiger partial charge in [0.25, 0.3) is 5.56 Å². The van der Waals surface area contributed by atoms with E-state index >= 15 is 0 Å². The minimum Gasteiger partial charge on any atom is -0.493 e. The summed E-state index contributed by atoms with van der Waals surface area (Å²) < 4.78 is 29.8. The van der Waals surface area contributed by atoms with Crippen LogP contribution in [0.5, 0.6) is 23.0 Å². The number of carbonyl (C=O) groups excluding carboxylic acids is 1. The molecule has 1 aromatic heterocycles. The topological polar surface area (TPSA) is 97.6 Å². The molecule has 1 aliphatic heterocycles. The first-order chi connectivity index (χ1) is 21.3. The Hall–Kier alpha value is -4.54. The van der Waals surface area contributed by atoms with Gasteiger partial charge in [-0.1, -0.05) is 53.3 Å². The zero-order chi connectivity index (χ0) is 31.4. The maximum Gasteiger partial charge on any atom is 0.338 e. The maximum atomic E-state index is 14.0. The zero-order valence-corrected chi connectivity index (χ0v) is 26.5. The largest absolute Gasteiger partial charge is 0.493 e. The highest BCUT2D eigenvalue weighted by Crippen LogP contribution is 2.36. The molecule has 0 spiro atoms. The van der Waals surface area contributed by atoms with E-state index in [1.807, 2.05) is 30.3 Å². The third-order valence-electron chi connectivity index (χ3n) is 7.07. The molecule has 228 valence electrons. The summed E-state index contributed by atoms with van der Waals surface area (Å²) in [5.74, 6) is 1.49. The summed E-state index contributed by atoms with van der Waals surface area (Å²) in [5, 5.41) is 0.617. The molecule has 0 bridgehead atoms. The SMILES string of the molecule is CCOC(=O)C1=C(C)N=c2sc(=Cc3ccc(OCc4ccccc4Cl)c(OC)c3)c(=O)n2[C@H]1c1ccc(OC)c(OC)c1. The lowest BCUT2D eigenvalue weighted by Gasteiger charge is -2.25. The molecule has 5 rings (SSSR count). The molecule has 0 radical (unpaired) electrons. The highest BCUT2D eigenvalue weighted by Gasteiger charge is 2.34. The van der Waals surface area contributed by atoms with Gasteiger partial charge in [-0.25, -0.2) is 9.79 Å². The van der Waals surface area contributed by atoms with E-state index in [2.05, 4.69) is 4.99 Å². The van der Waals surface area contributed by atoms with Crippen molar-refractivity contribution in [2.24, 2.45) is 4.99 Å². The molecule has 0 amide bonds. The molecule has 0 N–H and O–H groups in total. The molecule has 3 aromatic carbocycles. The summed E-state index contributed by atoms with van der Waals surface area (Å²) >= 11 is 7.50. The number of benzene rings is 3. The van der Waals surface area contributed by atoms with E-state index in [1.54, 1.807) is 64.5 Å². The first-order valence-electron chi connectivity index (χ1n) is 13.7. The van der Waals surface area contributed by atoms with Gasteiger partial charge in [0, 0.05) is 10.6 Å². The number of allylic oxidation sites excluding steroid dienone is 1. The standard InChI is InChI=1S/C33H31ClN2O7S/c1-6-42-32(38)29-19(2)35-33-36(30(29)21-12-14-24(39-3)27(17-21)41-5)31(37)28(44-33)16-20-11-13-25(26(15-20)40-4)43-18-22-9-7-8-10-23(22)34/h7-17,30H,6,18H2,1-5H3/t30-/m0/s1. The van der Waals surface area contributed by atoms with Gasteiger partial charge in [-0.2, -0.15) is 0 Å². The molecule has 0 saturated heterocycles. The van der Waals surface area contributed by atoms with Crippen molar-refractivity contribution in [3.8, 4) is 23.0 Å². The van der Waals surface area contributed by atoms with E-state index in [0.29, 0.717) is 48.6 Å². The Bertz CT molecular complexity index is 1930. The van der Waals surface area contributed by atoms with Crippen molar-refractivity contribution >= 4 is 35.0 Å². The lowest BCUT2D eigenvalue weighted by atomic mass is 9.95. The van der Waals surface area contributed by atoms with Gasteiger partial charge in [0.05, 0.1) is 49.8 Å². The number of hydrogen-bond donors (Lipinski definition) is 0. The lowest BCUT2D eigenvalue weighted by molar-refractivity contribution is -0.139. The number of methoxy groups -OCH3 is 3. The van der Waals surface area contributed by atoms with Crippen LogP contribution in [0.15, 0.2) is 81.7 Å². The fourth-order valence-electron chi connectivity index (χ4n) is 4.95. The maximum absolute atomic E-state index is 14.0. The fraction of sp³-hybridized carbons (Fsp3) is 0.242. The van der Waals surface area contributed by atoms with Gasteiger partial charge in [0.1, 0.15) is 6.61 Å². The molecule has 0 unspecified atom stereocenters. The van der Waals surface area contributed by atoms with Gasteiger partial charge < -0.3 is 23.7 Å². The molecule has 44 heavy (non-hydrogen) atoms. The number of thiazole rings is 1. The number of halogens is 1. The van der Waals surface area contributed by atoms with Crippen LogP contribution in [0, 0.1) is 0 Å². The minimum atomic E-state index is -0.789. The third kappa shape index (κ3) is 6.09. The highest BCUT2D eigenvalue weighted by atomic mass is 35.5. The normalized spacial score (nSPS) is 14.5. The summed E-state index contributed by atoms with van der Waals surface area (Å²) in [4.78, 5) is 32.3. The number of fused-ring (bicyclic) bond motifs is 1. The second-order valence-corrected chi connectivity index (χ2v) is 11.1. The number of rotatable bonds is 10. The molecule has 1 atom stereocenters. The van der Waals surface area contributed by atoms with Crippen molar-refractivity contribution in [2.45, 2.75) is 26.5 Å². The van der Waals surface area contributed by atoms with Crippen LogP contribution in [0.2, 0.25) is 5.02 Å². The van der Waals surface area contributed by atoms with Crippen LogP contribution < -0.4 is 33.8 Å². The van der Waals surface area contributed by atoms with Crippen LogP contribution in [-0.4, -0.2) is 38.5 Å². The van der Waals surface area contributed by atoms with Crippen LogP contribution in [-0.2, 0) is 16.1 Å². The number of ether oxygens (including phenoxy) is 5. The number of carbonyl (C=O) groups is 1.